The van der Waals surface area contributed by atoms with E-state index >= 15 is 0 Å². The summed E-state index contributed by atoms with van der Waals surface area (Å²) in [5, 5.41) is 34.0. The molecule has 0 aliphatic rings. The van der Waals surface area contributed by atoms with Crippen molar-refractivity contribution in [1.82, 2.24) is 0 Å². The Morgan fingerprint density at radius 2 is 0.895 bits per heavy atom. The first-order valence-electron chi connectivity index (χ1n) is 4.87. The van der Waals surface area contributed by atoms with Crippen molar-refractivity contribution in [2.24, 2.45) is 0 Å². The van der Waals surface area contributed by atoms with Gasteiger partial charge in [-0.15, -0.1) is 11.5 Å². The third-order valence-electron chi connectivity index (χ3n) is 0.813. The molecule has 0 saturated carbocycles. The Balaban J connectivity index is -0.0000000522. The number of hydrogen-bond donors (Lipinski definition) is 2. The topological polar surface area (TPSA) is 121 Å². The number of aliphatic hydroxyl groups excluding tert-OH is 2. The van der Waals surface area contributed by atoms with Gasteiger partial charge in [-0.3, -0.25) is 9.59 Å². The zero-order chi connectivity index (χ0) is 15.7. The molecule has 0 spiro atoms. The summed E-state index contributed by atoms with van der Waals surface area (Å²) in [5.41, 5.74) is 0. The Kier molecular flexibility index (Phi) is 42.2. The van der Waals surface area contributed by atoms with Gasteiger partial charge in [0.2, 0.25) is 0 Å². The second-order valence-corrected chi connectivity index (χ2v) is 2.73. The van der Waals surface area contributed by atoms with Gasteiger partial charge in [-0.1, -0.05) is 13.8 Å². The summed E-state index contributed by atoms with van der Waals surface area (Å²) in [7, 11) is 2.00. The largest absolute Gasteiger partial charge is 2.00 e. The monoisotopic (exact) mass is 352 g/mol. The molecule has 0 atom stereocenters. The average Bonchev–Trinajstić information content (AvgIpc) is 2.20. The van der Waals surface area contributed by atoms with Crippen LogP contribution in [-0.2, 0) is 35.8 Å². The number of allylic oxidation sites excluding steroid dienone is 4. The van der Waals surface area contributed by atoms with E-state index in [-0.39, 0.29) is 49.3 Å². The van der Waals surface area contributed by atoms with Gasteiger partial charge in [-0.2, -0.15) is 0 Å². The molecular formula is C12H22O6Zr. The fourth-order valence-electron chi connectivity index (χ4n) is 0.572. The molecule has 19 heavy (non-hydrogen) atoms. The van der Waals surface area contributed by atoms with Gasteiger partial charge in [0.1, 0.15) is 0 Å². The van der Waals surface area contributed by atoms with E-state index in [4.69, 9.17) is 10.2 Å². The fourth-order valence-corrected chi connectivity index (χ4v) is 0.572. The minimum absolute atomic E-state index is 0. The van der Waals surface area contributed by atoms with E-state index in [1.165, 1.54) is 27.7 Å². The first-order valence-corrected chi connectivity index (χ1v) is 4.87. The van der Waals surface area contributed by atoms with Gasteiger partial charge in [0.05, 0.1) is 0 Å². The predicted octanol–water partition coefficient (Wildman–Crippen LogP) is -1.11. The molecule has 0 aromatic heterocycles. The van der Waals surface area contributed by atoms with E-state index < -0.39 is 0 Å². The molecule has 0 aliphatic heterocycles. The molecule has 0 radical (unpaired) electrons. The summed E-state index contributed by atoms with van der Waals surface area (Å²) < 4.78 is 0. The molecule has 6 nitrogen and oxygen atoms in total. The van der Waals surface area contributed by atoms with Crippen molar-refractivity contribution >= 4 is 11.6 Å². The summed E-state index contributed by atoms with van der Waals surface area (Å²) in [4.78, 5) is 20.0. The molecule has 0 saturated heterocycles. The van der Waals surface area contributed by atoms with E-state index in [2.05, 4.69) is 0 Å². The summed E-state index contributed by atoms with van der Waals surface area (Å²) in [6, 6.07) is 0. The first kappa shape index (κ1) is 30.9. The minimum Gasteiger partial charge on any atom is -0.876 e. The maximum Gasteiger partial charge on any atom is 2.00 e. The van der Waals surface area contributed by atoms with Gasteiger partial charge in [-0.05, 0) is 26.0 Å². The Bertz CT molecular complexity index is 235. The standard InChI is InChI=1S/2C5H8O2.2CH4O.Zr/c2*1-4(6)3-5(2)7;2*1-2;/h2*3,6H,1-2H3;2*2H,1H3;/q;;;;+2/p-2/b2*4-3-;;;. The van der Waals surface area contributed by atoms with Crippen LogP contribution in [0, 0.1) is 0 Å². The molecule has 0 aliphatic carbocycles. The molecule has 0 aromatic carbocycles. The van der Waals surface area contributed by atoms with Crippen molar-refractivity contribution in [3.05, 3.63) is 23.7 Å². The van der Waals surface area contributed by atoms with Gasteiger partial charge in [0.15, 0.2) is 11.6 Å². The Labute approximate surface area is 133 Å². The van der Waals surface area contributed by atoms with Crippen LogP contribution in [0.2, 0.25) is 0 Å². The molecular weight excluding hydrogens is 331 g/mol. The van der Waals surface area contributed by atoms with Crippen LogP contribution < -0.4 is 10.2 Å². The third kappa shape index (κ3) is 76.5. The third-order valence-corrected chi connectivity index (χ3v) is 0.813. The van der Waals surface area contributed by atoms with E-state index in [0.29, 0.717) is 0 Å². The molecule has 0 amide bonds. The quantitative estimate of drug-likeness (QED) is 0.480. The summed E-state index contributed by atoms with van der Waals surface area (Å²) in [6.45, 7) is 5.39. The van der Waals surface area contributed by atoms with Crippen LogP contribution in [0.4, 0.5) is 0 Å². The van der Waals surface area contributed by atoms with Crippen molar-refractivity contribution < 1.29 is 56.2 Å². The van der Waals surface area contributed by atoms with Crippen molar-refractivity contribution in [2.75, 3.05) is 14.2 Å². The molecule has 0 rings (SSSR count). The average molecular weight is 354 g/mol. The summed E-state index contributed by atoms with van der Waals surface area (Å²) in [5.74, 6) is -0.750. The van der Waals surface area contributed by atoms with Crippen molar-refractivity contribution in [3.63, 3.8) is 0 Å². The molecule has 0 unspecified atom stereocenters. The fraction of sp³-hybridized carbons (Fsp3) is 0.500. The molecule has 0 bridgehead atoms. The zero-order valence-electron chi connectivity index (χ0n) is 12.2. The van der Waals surface area contributed by atoms with Crippen LogP contribution in [0.1, 0.15) is 27.7 Å². The van der Waals surface area contributed by atoms with E-state index in [0.717, 1.165) is 26.4 Å². The predicted molar refractivity (Wildman–Crippen MR) is 65.2 cm³/mol. The van der Waals surface area contributed by atoms with Gasteiger partial charge < -0.3 is 20.4 Å². The van der Waals surface area contributed by atoms with Crippen molar-refractivity contribution in [2.45, 2.75) is 27.7 Å². The number of aliphatic hydroxyl groups is 2. The van der Waals surface area contributed by atoms with E-state index in [9.17, 15) is 19.8 Å². The zero-order valence-corrected chi connectivity index (χ0v) is 14.6. The van der Waals surface area contributed by atoms with Gasteiger partial charge in [0, 0.05) is 14.2 Å². The summed E-state index contributed by atoms with van der Waals surface area (Å²) >= 11 is 0. The Morgan fingerprint density at radius 3 is 0.895 bits per heavy atom. The second-order valence-electron chi connectivity index (χ2n) is 2.73. The van der Waals surface area contributed by atoms with Crippen molar-refractivity contribution in [3.8, 4) is 0 Å². The van der Waals surface area contributed by atoms with Crippen LogP contribution in [0.5, 0.6) is 0 Å². The van der Waals surface area contributed by atoms with E-state index in [1.807, 2.05) is 0 Å². The van der Waals surface area contributed by atoms with Gasteiger partial charge in [-0.25, -0.2) is 0 Å². The number of ketones is 2. The number of carbonyl (C=O) groups excluding carboxylic acids is 2. The molecule has 0 aromatic rings. The first-order chi connectivity index (χ1) is 8.25. The molecule has 0 heterocycles. The summed E-state index contributed by atoms with van der Waals surface area (Å²) in [6.07, 6.45) is 2.11. The number of hydrogen-bond acceptors (Lipinski definition) is 6. The molecule has 7 heteroatoms. The van der Waals surface area contributed by atoms with Crippen LogP contribution in [0.25, 0.3) is 0 Å². The molecule has 110 valence electrons. The smallest absolute Gasteiger partial charge is 0.876 e. The Morgan fingerprint density at radius 1 is 0.737 bits per heavy atom. The number of carbonyl (C=O) groups is 2. The maximum atomic E-state index is 9.98. The van der Waals surface area contributed by atoms with Crippen LogP contribution in [0.3, 0.4) is 0 Å². The Hall–Kier alpha value is -0.777. The van der Waals surface area contributed by atoms with Crippen LogP contribution in [-0.4, -0.2) is 36.0 Å². The molecule has 0 fully saturated rings. The van der Waals surface area contributed by atoms with Crippen molar-refractivity contribution in [1.29, 1.82) is 0 Å². The number of rotatable bonds is 2. The molecule has 2 N–H and O–H groups in total. The van der Waals surface area contributed by atoms with Gasteiger partial charge in [0.25, 0.3) is 0 Å². The van der Waals surface area contributed by atoms with Crippen LogP contribution in [0.15, 0.2) is 23.7 Å². The normalized spacial score (nSPS) is 9.05. The van der Waals surface area contributed by atoms with Crippen LogP contribution >= 0.6 is 0 Å². The maximum absolute atomic E-state index is 9.98. The van der Waals surface area contributed by atoms with E-state index in [1.54, 1.807) is 0 Å². The van der Waals surface area contributed by atoms with Gasteiger partial charge >= 0.3 is 26.2 Å². The minimum atomic E-state index is -0.187. The SMILES string of the molecule is CC(=O)/C=C(/C)[O-].CC(=O)/C=C(/C)[O-].CO.CO.[Zr+2]. The second kappa shape index (κ2) is 25.9.